The van der Waals surface area contributed by atoms with E-state index in [1.165, 1.54) is 22.4 Å². The van der Waals surface area contributed by atoms with Crippen LogP contribution in [-0.2, 0) is 13.0 Å². The quantitative estimate of drug-likeness (QED) is 0.470. The van der Waals surface area contributed by atoms with Crippen LogP contribution < -0.4 is 19.7 Å². The van der Waals surface area contributed by atoms with Crippen LogP contribution in [0.25, 0.3) is 6.08 Å². The minimum absolute atomic E-state index is 0.146. The predicted molar refractivity (Wildman–Crippen MR) is 148 cm³/mol. The van der Waals surface area contributed by atoms with E-state index in [9.17, 15) is 0 Å². The number of methoxy groups -OCH3 is 1. The number of anilines is 1. The molecule has 3 aromatic rings. The van der Waals surface area contributed by atoms with Gasteiger partial charge in [0.1, 0.15) is 6.61 Å². The van der Waals surface area contributed by atoms with E-state index in [2.05, 4.69) is 82.7 Å². The van der Waals surface area contributed by atoms with Crippen LogP contribution in [0, 0.1) is 0 Å². The maximum atomic E-state index is 6.15. The van der Waals surface area contributed by atoms with Gasteiger partial charge in [0, 0.05) is 38.4 Å². The van der Waals surface area contributed by atoms with Crippen molar-refractivity contribution in [2.45, 2.75) is 26.0 Å². The first-order valence-corrected chi connectivity index (χ1v) is 13.1. The van der Waals surface area contributed by atoms with Crippen LogP contribution in [0.15, 0.2) is 72.8 Å². The summed E-state index contributed by atoms with van der Waals surface area (Å²) < 4.78 is 11.9. The average Bonchev–Trinajstić information content (AvgIpc) is 2.95. The number of ether oxygens (including phenoxy) is 2. The van der Waals surface area contributed by atoms with Crippen LogP contribution in [0.2, 0.25) is 0 Å². The molecule has 2 aliphatic heterocycles. The zero-order chi connectivity index (χ0) is 24.7. The van der Waals surface area contributed by atoms with Crippen molar-refractivity contribution in [3.05, 3.63) is 95.1 Å². The largest absolute Gasteiger partial charge is 0.493 e. The Morgan fingerprint density at radius 1 is 0.944 bits per heavy atom. The lowest BCUT2D eigenvalue weighted by molar-refractivity contribution is 0.271. The summed E-state index contributed by atoms with van der Waals surface area (Å²) in [7, 11) is 1.71. The number of likely N-dealkylation sites (N-methyl/N-ethyl adjacent to an activating group) is 1. The van der Waals surface area contributed by atoms with Crippen LogP contribution in [-0.4, -0.2) is 51.3 Å². The third kappa shape index (κ3) is 5.75. The van der Waals surface area contributed by atoms with Crippen molar-refractivity contribution in [2.75, 3.05) is 51.3 Å². The standard InChI is InChI=1S/C31H37N3O2/c1-3-33-17-19-34(20-18-33)27-12-9-24(10-13-27)11-14-29-28-22-30(35-2)31(21-26(28)15-16-32-29)36-23-25-7-5-4-6-8-25/h4-14,21-22,29,32H,3,15-20,23H2,1-2H3/b14-11+. The smallest absolute Gasteiger partial charge is 0.161 e. The van der Waals surface area contributed by atoms with Gasteiger partial charge >= 0.3 is 0 Å². The van der Waals surface area contributed by atoms with E-state index < -0.39 is 0 Å². The summed E-state index contributed by atoms with van der Waals surface area (Å²) in [4.78, 5) is 5.00. The molecular formula is C31H37N3O2. The Bertz CT molecular complexity index is 1150. The lowest BCUT2D eigenvalue weighted by Crippen LogP contribution is -2.46. The van der Waals surface area contributed by atoms with E-state index in [-0.39, 0.29) is 6.04 Å². The van der Waals surface area contributed by atoms with E-state index >= 15 is 0 Å². The molecule has 0 amide bonds. The lowest BCUT2D eigenvalue weighted by Gasteiger charge is -2.35. The number of hydrogen-bond donors (Lipinski definition) is 1. The molecule has 2 aliphatic rings. The van der Waals surface area contributed by atoms with Gasteiger partial charge in [-0.2, -0.15) is 0 Å². The molecule has 0 radical (unpaired) electrons. The first-order chi connectivity index (χ1) is 17.7. The lowest BCUT2D eigenvalue weighted by atomic mass is 9.93. The maximum Gasteiger partial charge on any atom is 0.161 e. The zero-order valence-electron chi connectivity index (χ0n) is 21.5. The van der Waals surface area contributed by atoms with E-state index in [1.54, 1.807) is 7.11 Å². The van der Waals surface area contributed by atoms with Gasteiger partial charge in [0.05, 0.1) is 13.2 Å². The Morgan fingerprint density at radius 2 is 1.72 bits per heavy atom. The monoisotopic (exact) mass is 483 g/mol. The van der Waals surface area contributed by atoms with Crippen molar-refractivity contribution < 1.29 is 9.47 Å². The van der Waals surface area contributed by atoms with Gasteiger partial charge < -0.3 is 24.6 Å². The highest BCUT2D eigenvalue weighted by atomic mass is 16.5. The second kappa shape index (κ2) is 11.6. The highest BCUT2D eigenvalue weighted by Gasteiger charge is 2.21. The number of piperazine rings is 1. The molecule has 1 fully saturated rings. The molecule has 3 aromatic carbocycles. The Balaban J connectivity index is 1.27. The molecule has 1 N–H and O–H groups in total. The topological polar surface area (TPSA) is 37.0 Å². The van der Waals surface area contributed by atoms with Crippen LogP contribution in [0.5, 0.6) is 11.5 Å². The van der Waals surface area contributed by atoms with Gasteiger partial charge in [0.2, 0.25) is 0 Å². The summed E-state index contributed by atoms with van der Waals surface area (Å²) in [6, 6.07) is 23.6. The first kappa shape index (κ1) is 24.4. The highest BCUT2D eigenvalue weighted by molar-refractivity contribution is 5.58. The highest BCUT2D eigenvalue weighted by Crippen LogP contribution is 2.36. The van der Waals surface area contributed by atoms with Gasteiger partial charge in [0.25, 0.3) is 0 Å². The summed E-state index contributed by atoms with van der Waals surface area (Å²) in [5, 5.41) is 3.65. The van der Waals surface area contributed by atoms with E-state index in [4.69, 9.17) is 9.47 Å². The number of nitrogens with one attached hydrogen (secondary N) is 1. The molecule has 2 heterocycles. The summed E-state index contributed by atoms with van der Waals surface area (Å²) in [6.07, 6.45) is 5.46. The van der Waals surface area contributed by atoms with Crippen LogP contribution in [0.4, 0.5) is 5.69 Å². The SMILES string of the molecule is CCN1CCN(c2ccc(/C=C/C3NCCc4cc(OCc5ccccc5)c(OC)cc43)cc2)CC1. The van der Waals surface area contributed by atoms with Gasteiger partial charge in [-0.25, -0.2) is 0 Å². The van der Waals surface area contributed by atoms with Crippen LogP contribution >= 0.6 is 0 Å². The van der Waals surface area contributed by atoms with Gasteiger partial charge in [0.15, 0.2) is 11.5 Å². The van der Waals surface area contributed by atoms with Crippen LogP contribution in [0.3, 0.4) is 0 Å². The fourth-order valence-electron chi connectivity index (χ4n) is 5.10. The fourth-order valence-corrected chi connectivity index (χ4v) is 5.10. The first-order valence-electron chi connectivity index (χ1n) is 13.1. The van der Waals surface area contributed by atoms with Gasteiger partial charge in [-0.1, -0.05) is 61.5 Å². The molecule has 0 saturated carbocycles. The molecule has 0 aromatic heterocycles. The van der Waals surface area contributed by atoms with E-state index in [1.807, 2.05) is 18.2 Å². The number of benzene rings is 3. The zero-order valence-corrected chi connectivity index (χ0v) is 21.5. The van der Waals surface area contributed by atoms with Gasteiger partial charge in [-0.05, 0) is 59.5 Å². The second-order valence-corrected chi connectivity index (χ2v) is 9.53. The van der Waals surface area contributed by atoms with E-state index in [0.717, 1.165) is 62.8 Å². The molecule has 0 spiro atoms. The summed E-state index contributed by atoms with van der Waals surface area (Å²) >= 11 is 0. The molecule has 0 bridgehead atoms. The molecule has 1 atom stereocenters. The predicted octanol–water partition coefficient (Wildman–Crippen LogP) is 5.32. The Hall–Kier alpha value is -3.28. The van der Waals surface area contributed by atoms with Gasteiger partial charge in [-0.3, -0.25) is 0 Å². The Labute approximate surface area is 215 Å². The third-order valence-corrected chi connectivity index (χ3v) is 7.32. The number of nitrogens with zero attached hydrogens (tertiary/aromatic N) is 2. The van der Waals surface area contributed by atoms with Crippen molar-refractivity contribution in [3.8, 4) is 11.5 Å². The molecule has 1 saturated heterocycles. The minimum Gasteiger partial charge on any atom is -0.493 e. The van der Waals surface area contributed by atoms with Crippen molar-refractivity contribution in [3.63, 3.8) is 0 Å². The van der Waals surface area contributed by atoms with Crippen molar-refractivity contribution in [1.29, 1.82) is 0 Å². The normalized spacial score (nSPS) is 18.3. The molecule has 5 nitrogen and oxygen atoms in total. The molecule has 1 unspecified atom stereocenters. The van der Waals surface area contributed by atoms with Crippen molar-refractivity contribution in [2.24, 2.45) is 0 Å². The second-order valence-electron chi connectivity index (χ2n) is 9.53. The summed E-state index contributed by atoms with van der Waals surface area (Å²) in [5.74, 6) is 1.58. The molecule has 5 heteroatoms. The average molecular weight is 484 g/mol. The number of fused-ring (bicyclic) bond motifs is 1. The molecule has 5 rings (SSSR count). The molecular weight excluding hydrogens is 446 g/mol. The maximum absolute atomic E-state index is 6.15. The molecule has 36 heavy (non-hydrogen) atoms. The molecule has 0 aliphatic carbocycles. The number of hydrogen-bond acceptors (Lipinski definition) is 5. The minimum atomic E-state index is 0.146. The van der Waals surface area contributed by atoms with Crippen molar-refractivity contribution in [1.82, 2.24) is 10.2 Å². The van der Waals surface area contributed by atoms with Gasteiger partial charge in [-0.15, -0.1) is 0 Å². The van der Waals surface area contributed by atoms with E-state index in [0.29, 0.717) is 6.61 Å². The third-order valence-electron chi connectivity index (χ3n) is 7.32. The molecule has 188 valence electrons. The summed E-state index contributed by atoms with van der Waals surface area (Å²) in [5.41, 5.74) is 6.25. The number of rotatable bonds is 8. The Kier molecular flexibility index (Phi) is 7.89. The van der Waals surface area contributed by atoms with Crippen molar-refractivity contribution >= 4 is 11.8 Å². The fraction of sp³-hybridized carbons (Fsp3) is 0.355. The Morgan fingerprint density at radius 3 is 2.44 bits per heavy atom. The summed E-state index contributed by atoms with van der Waals surface area (Å²) in [6.45, 7) is 9.35. The van der Waals surface area contributed by atoms with Crippen LogP contribution in [0.1, 0.15) is 35.2 Å².